The maximum Gasteiger partial charge on any atom is 0.261 e. The highest BCUT2D eigenvalue weighted by Crippen LogP contribution is 2.31. The molecule has 1 atom stereocenters. The van der Waals surface area contributed by atoms with Gasteiger partial charge >= 0.3 is 0 Å². The molecule has 24 heavy (non-hydrogen) atoms. The van der Waals surface area contributed by atoms with Crippen LogP contribution < -0.4 is 11.1 Å². The van der Waals surface area contributed by atoms with Crippen LogP contribution in [0.25, 0.3) is 10.2 Å². The van der Waals surface area contributed by atoms with E-state index in [1.54, 1.807) is 0 Å². The van der Waals surface area contributed by atoms with Crippen molar-refractivity contribution in [3.05, 3.63) is 52.5 Å². The summed E-state index contributed by atoms with van der Waals surface area (Å²) in [7, 11) is 1.91. The number of fused-ring (bicyclic) bond motifs is 1. The molecule has 3 aromatic rings. The lowest BCUT2D eigenvalue weighted by atomic mass is 10.1. The van der Waals surface area contributed by atoms with Crippen molar-refractivity contribution in [1.82, 2.24) is 15.1 Å². The van der Waals surface area contributed by atoms with Crippen LogP contribution in [0.15, 0.2) is 36.4 Å². The summed E-state index contributed by atoms with van der Waals surface area (Å²) >= 11 is 1.47. The Hall–Kier alpha value is -2.18. The molecule has 5 nitrogen and oxygen atoms in total. The highest BCUT2D eigenvalue weighted by molar-refractivity contribution is 7.20. The topological polar surface area (TPSA) is 72.9 Å². The van der Waals surface area contributed by atoms with Gasteiger partial charge in [-0.3, -0.25) is 9.48 Å². The van der Waals surface area contributed by atoms with Gasteiger partial charge in [-0.1, -0.05) is 44.2 Å². The maximum atomic E-state index is 12.5. The first-order chi connectivity index (χ1) is 11.5. The van der Waals surface area contributed by atoms with Crippen molar-refractivity contribution >= 4 is 27.5 Å². The average molecular weight is 342 g/mol. The van der Waals surface area contributed by atoms with Gasteiger partial charge in [-0.2, -0.15) is 5.10 Å². The summed E-state index contributed by atoms with van der Waals surface area (Å²) in [6.07, 6.45) is 0. The summed E-state index contributed by atoms with van der Waals surface area (Å²) in [4.78, 5) is 14.2. The van der Waals surface area contributed by atoms with Crippen LogP contribution in [0.5, 0.6) is 0 Å². The van der Waals surface area contributed by atoms with E-state index in [4.69, 9.17) is 5.73 Å². The molecule has 0 aliphatic rings. The maximum absolute atomic E-state index is 12.5. The molecule has 3 N–H and O–H groups in total. The molecule has 0 fully saturated rings. The molecule has 0 radical (unpaired) electrons. The van der Waals surface area contributed by atoms with E-state index in [9.17, 15) is 4.79 Å². The third-order valence-electron chi connectivity index (χ3n) is 4.02. The average Bonchev–Trinajstić information content (AvgIpc) is 3.14. The van der Waals surface area contributed by atoms with Crippen LogP contribution >= 0.6 is 11.3 Å². The predicted octanol–water partition coefficient (Wildman–Crippen LogP) is 3.19. The summed E-state index contributed by atoms with van der Waals surface area (Å²) in [5.74, 6) is 0.239. The van der Waals surface area contributed by atoms with E-state index in [-0.39, 0.29) is 11.9 Å². The molecule has 126 valence electrons. The third kappa shape index (κ3) is 3.20. The standard InChI is InChI=1S/C18H22N4OS/c1-11(2)16-13-9-15(24-18(13)22(3)21-16)17(23)20-10-14(19)12-7-5-4-6-8-12/h4-9,11,14H,10,19H2,1-3H3,(H,20,23). The molecule has 3 rings (SSSR count). The first kappa shape index (κ1) is 16.7. The zero-order valence-corrected chi connectivity index (χ0v) is 14.9. The monoisotopic (exact) mass is 342 g/mol. The van der Waals surface area contributed by atoms with E-state index < -0.39 is 0 Å². The summed E-state index contributed by atoms with van der Waals surface area (Å²) in [5.41, 5.74) is 8.18. The normalized spacial score (nSPS) is 12.7. The number of nitrogens with one attached hydrogen (secondary N) is 1. The van der Waals surface area contributed by atoms with Crippen molar-refractivity contribution in [2.24, 2.45) is 12.8 Å². The van der Waals surface area contributed by atoms with Gasteiger partial charge in [0.05, 0.1) is 10.6 Å². The first-order valence-corrected chi connectivity index (χ1v) is 8.84. The minimum Gasteiger partial charge on any atom is -0.349 e. The van der Waals surface area contributed by atoms with Gasteiger partial charge in [0.2, 0.25) is 0 Å². The quantitative estimate of drug-likeness (QED) is 0.748. The largest absolute Gasteiger partial charge is 0.349 e. The Morgan fingerprint density at radius 2 is 2.04 bits per heavy atom. The van der Waals surface area contributed by atoms with Gasteiger partial charge in [0, 0.05) is 25.0 Å². The Balaban J connectivity index is 1.73. The smallest absolute Gasteiger partial charge is 0.261 e. The molecule has 0 saturated carbocycles. The number of hydrogen-bond acceptors (Lipinski definition) is 4. The minimum absolute atomic E-state index is 0.0858. The van der Waals surface area contributed by atoms with Gasteiger partial charge in [-0.25, -0.2) is 0 Å². The molecular weight excluding hydrogens is 320 g/mol. The van der Waals surface area contributed by atoms with E-state index in [0.717, 1.165) is 21.5 Å². The molecule has 1 aromatic carbocycles. The number of nitrogens with two attached hydrogens (primary N) is 1. The summed E-state index contributed by atoms with van der Waals surface area (Å²) in [6.45, 7) is 4.63. The highest BCUT2D eigenvalue weighted by atomic mass is 32.1. The number of aromatic nitrogens is 2. The molecule has 0 saturated heterocycles. The van der Waals surface area contributed by atoms with Crippen LogP contribution in [0, 0.1) is 0 Å². The lowest BCUT2D eigenvalue weighted by molar-refractivity contribution is 0.0955. The van der Waals surface area contributed by atoms with Crippen LogP contribution in [0.2, 0.25) is 0 Å². The van der Waals surface area contributed by atoms with Crippen LogP contribution in [-0.4, -0.2) is 22.2 Å². The number of rotatable bonds is 5. The molecule has 2 heterocycles. The van der Waals surface area contributed by atoms with Crippen molar-refractivity contribution in [1.29, 1.82) is 0 Å². The zero-order chi connectivity index (χ0) is 17.3. The molecule has 0 aliphatic heterocycles. The number of amides is 1. The Kier molecular flexibility index (Phi) is 4.69. The van der Waals surface area contributed by atoms with E-state index in [0.29, 0.717) is 17.3 Å². The molecule has 0 bridgehead atoms. The molecule has 2 aromatic heterocycles. The fourth-order valence-corrected chi connectivity index (χ4v) is 3.71. The number of thiophene rings is 1. The van der Waals surface area contributed by atoms with Crippen molar-refractivity contribution in [3.8, 4) is 0 Å². The highest BCUT2D eigenvalue weighted by Gasteiger charge is 2.18. The minimum atomic E-state index is -0.211. The second kappa shape index (κ2) is 6.75. The lowest BCUT2D eigenvalue weighted by Crippen LogP contribution is -2.31. The van der Waals surface area contributed by atoms with Crippen LogP contribution in [-0.2, 0) is 7.05 Å². The SMILES string of the molecule is CC(C)c1nn(C)c2sc(C(=O)NCC(N)c3ccccc3)cc12. The van der Waals surface area contributed by atoms with Crippen LogP contribution in [0.1, 0.15) is 46.7 Å². The van der Waals surface area contributed by atoms with E-state index in [1.165, 1.54) is 11.3 Å². The van der Waals surface area contributed by atoms with Gasteiger partial charge in [0.15, 0.2) is 0 Å². The van der Waals surface area contributed by atoms with E-state index in [2.05, 4.69) is 24.3 Å². The Morgan fingerprint density at radius 1 is 1.33 bits per heavy atom. The van der Waals surface area contributed by atoms with E-state index in [1.807, 2.05) is 48.1 Å². The summed E-state index contributed by atoms with van der Waals surface area (Å²) in [5, 5.41) is 8.54. The van der Waals surface area contributed by atoms with Crippen molar-refractivity contribution < 1.29 is 4.79 Å². The second-order valence-electron chi connectivity index (χ2n) is 6.22. The number of carbonyl (C=O) groups excluding carboxylic acids is 1. The number of hydrogen-bond donors (Lipinski definition) is 2. The fraction of sp³-hybridized carbons (Fsp3) is 0.333. The van der Waals surface area contributed by atoms with Gasteiger partial charge in [0.25, 0.3) is 5.91 Å². The third-order valence-corrected chi connectivity index (χ3v) is 5.22. The van der Waals surface area contributed by atoms with Gasteiger partial charge in [0.1, 0.15) is 4.83 Å². The number of aryl methyl sites for hydroxylation is 1. The van der Waals surface area contributed by atoms with Crippen molar-refractivity contribution in [3.63, 3.8) is 0 Å². The molecule has 1 unspecified atom stereocenters. The molecule has 0 spiro atoms. The Bertz CT molecular complexity index is 851. The molecular formula is C18H22N4OS. The lowest BCUT2D eigenvalue weighted by Gasteiger charge is -2.12. The van der Waals surface area contributed by atoms with Crippen molar-refractivity contribution in [2.75, 3.05) is 6.54 Å². The van der Waals surface area contributed by atoms with E-state index >= 15 is 0 Å². The van der Waals surface area contributed by atoms with Crippen LogP contribution in [0.4, 0.5) is 0 Å². The van der Waals surface area contributed by atoms with Crippen molar-refractivity contribution in [2.45, 2.75) is 25.8 Å². The Morgan fingerprint density at radius 3 is 2.71 bits per heavy atom. The number of carbonyl (C=O) groups is 1. The summed E-state index contributed by atoms with van der Waals surface area (Å²) in [6, 6.07) is 11.5. The Labute approximate surface area is 145 Å². The molecule has 1 amide bonds. The first-order valence-electron chi connectivity index (χ1n) is 8.02. The van der Waals surface area contributed by atoms with Gasteiger partial charge < -0.3 is 11.1 Å². The van der Waals surface area contributed by atoms with Gasteiger partial charge in [-0.15, -0.1) is 11.3 Å². The second-order valence-corrected chi connectivity index (χ2v) is 7.25. The molecule has 0 aliphatic carbocycles. The van der Waals surface area contributed by atoms with Gasteiger partial charge in [-0.05, 0) is 17.5 Å². The predicted molar refractivity (Wildman–Crippen MR) is 98.4 cm³/mol. The number of benzene rings is 1. The summed E-state index contributed by atoms with van der Waals surface area (Å²) < 4.78 is 1.85. The van der Waals surface area contributed by atoms with Crippen LogP contribution in [0.3, 0.4) is 0 Å². The fourth-order valence-electron chi connectivity index (χ4n) is 2.71. The molecule has 6 heteroatoms. The number of nitrogens with zero attached hydrogens (tertiary/aromatic N) is 2. The zero-order valence-electron chi connectivity index (χ0n) is 14.1.